The Morgan fingerprint density at radius 2 is 1.79 bits per heavy atom. The third-order valence-corrected chi connectivity index (χ3v) is 11.0. The number of aliphatic hydroxyl groups excluding tert-OH is 1. The second-order valence-electron chi connectivity index (χ2n) is 9.71. The van der Waals surface area contributed by atoms with Gasteiger partial charge in [-0.3, -0.25) is 4.79 Å². The summed E-state index contributed by atoms with van der Waals surface area (Å²) in [4.78, 5) is 12.9. The van der Waals surface area contributed by atoms with Crippen LogP contribution in [0.4, 0.5) is 0 Å². The molecule has 8 nitrogen and oxygen atoms in total. The topological polar surface area (TPSA) is 111 Å². The first-order chi connectivity index (χ1) is 15.9. The lowest BCUT2D eigenvalue weighted by Crippen LogP contribution is -2.49. The molecule has 0 bridgehead atoms. The SMILES string of the molecule is COC(=O)C(CC(C#N)(O[Si](C)(C)C(C)(C)C)c1ccoc1)C(O)c1ccc(OC)c(OC)c1. The van der Waals surface area contributed by atoms with Crippen molar-refractivity contribution in [2.75, 3.05) is 21.3 Å². The van der Waals surface area contributed by atoms with Gasteiger partial charge in [-0.2, -0.15) is 5.26 Å². The first-order valence-corrected chi connectivity index (χ1v) is 13.9. The summed E-state index contributed by atoms with van der Waals surface area (Å²) >= 11 is 0. The maximum Gasteiger partial charge on any atom is 0.311 e. The fraction of sp³-hybridized carbons (Fsp3) is 0.520. The van der Waals surface area contributed by atoms with Gasteiger partial charge in [-0.1, -0.05) is 26.8 Å². The van der Waals surface area contributed by atoms with Gasteiger partial charge in [-0.25, -0.2) is 0 Å². The van der Waals surface area contributed by atoms with E-state index in [0.717, 1.165) is 0 Å². The summed E-state index contributed by atoms with van der Waals surface area (Å²) in [5, 5.41) is 21.5. The average Bonchev–Trinajstić information content (AvgIpc) is 3.35. The minimum Gasteiger partial charge on any atom is -0.493 e. The molecule has 0 spiro atoms. The summed E-state index contributed by atoms with van der Waals surface area (Å²) in [7, 11) is 1.74. The van der Waals surface area contributed by atoms with Crippen LogP contribution in [0.25, 0.3) is 0 Å². The quantitative estimate of drug-likeness (QED) is 0.369. The number of hydrogen-bond donors (Lipinski definition) is 1. The molecule has 186 valence electrons. The molecular weight excluding hydrogens is 454 g/mol. The van der Waals surface area contributed by atoms with Gasteiger partial charge in [0.25, 0.3) is 0 Å². The minimum absolute atomic E-state index is 0.141. The molecule has 0 amide bonds. The predicted octanol–water partition coefficient (Wildman–Crippen LogP) is 4.95. The largest absolute Gasteiger partial charge is 0.493 e. The summed E-state index contributed by atoms with van der Waals surface area (Å²) in [5.74, 6) is -0.882. The number of carbonyl (C=O) groups is 1. The zero-order valence-electron chi connectivity index (χ0n) is 21.2. The molecule has 2 rings (SSSR count). The van der Waals surface area contributed by atoms with Crippen molar-refractivity contribution in [1.29, 1.82) is 5.26 Å². The molecule has 9 heteroatoms. The fourth-order valence-corrected chi connectivity index (χ4v) is 4.91. The number of nitrogens with zero attached hydrogens (tertiary/aromatic N) is 1. The Kier molecular flexibility index (Phi) is 8.58. The molecule has 1 N–H and O–H groups in total. The van der Waals surface area contributed by atoms with Crippen LogP contribution in [-0.4, -0.2) is 40.7 Å². The standard InChI is InChI=1S/C25H35NO7Si/c1-24(2,3)34(7,8)33-25(16-26,18-11-12-32-15-18)14-19(23(28)31-6)22(27)17-9-10-20(29-4)21(13-17)30-5/h9-13,15,19,22,27H,14H2,1-8H3. The number of methoxy groups -OCH3 is 3. The molecule has 2 aromatic rings. The van der Waals surface area contributed by atoms with Gasteiger partial charge in [0.15, 0.2) is 25.4 Å². The summed E-state index contributed by atoms with van der Waals surface area (Å²) < 4.78 is 27.5. The molecule has 0 saturated heterocycles. The first kappa shape index (κ1) is 27.4. The molecule has 0 aliphatic rings. The highest BCUT2D eigenvalue weighted by molar-refractivity contribution is 6.74. The maximum atomic E-state index is 12.9. The normalized spacial score (nSPS) is 15.5. The van der Waals surface area contributed by atoms with Gasteiger partial charge in [0.1, 0.15) is 6.07 Å². The van der Waals surface area contributed by atoms with E-state index in [2.05, 4.69) is 26.8 Å². The van der Waals surface area contributed by atoms with Crippen molar-refractivity contribution < 1.29 is 33.0 Å². The molecule has 0 saturated carbocycles. The van der Waals surface area contributed by atoms with Crippen molar-refractivity contribution in [3.05, 3.63) is 47.9 Å². The van der Waals surface area contributed by atoms with Crippen molar-refractivity contribution >= 4 is 14.3 Å². The highest BCUT2D eigenvalue weighted by Gasteiger charge is 2.49. The highest BCUT2D eigenvalue weighted by Crippen LogP contribution is 2.46. The maximum absolute atomic E-state index is 12.9. The van der Waals surface area contributed by atoms with Gasteiger partial charge in [-0.15, -0.1) is 0 Å². The van der Waals surface area contributed by atoms with Gasteiger partial charge in [0.2, 0.25) is 0 Å². The van der Waals surface area contributed by atoms with E-state index in [-0.39, 0.29) is 11.5 Å². The Hall–Kier alpha value is -2.80. The van der Waals surface area contributed by atoms with Gasteiger partial charge < -0.3 is 28.2 Å². The van der Waals surface area contributed by atoms with Crippen molar-refractivity contribution in [3.8, 4) is 17.6 Å². The van der Waals surface area contributed by atoms with E-state index >= 15 is 0 Å². The molecule has 3 atom stereocenters. The lowest BCUT2D eigenvalue weighted by atomic mass is 9.82. The fourth-order valence-electron chi connectivity index (χ4n) is 3.49. The first-order valence-electron chi connectivity index (χ1n) is 11.0. The van der Waals surface area contributed by atoms with E-state index in [4.69, 9.17) is 23.1 Å². The molecule has 0 radical (unpaired) electrons. The van der Waals surface area contributed by atoms with E-state index < -0.39 is 31.9 Å². The molecule has 0 aliphatic heterocycles. The average molecular weight is 490 g/mol. The Balaban J connectivity index is 2.58. The zero-order chi connectivity index (χ0) is 25.7. The van der Waals surface area contributed by atoms with E-state index in [0.29, 0.717) is 22.6 Å². The predicted molar refractivity (Wildman–Crippen MR) is 129 cm³/mol. The van der Waals surface area contributed by atoms with Crippen LogP contribution in [0.1, 0.15) is 44.4 Å². The number of aliphatic hydroxyl groups is 1. The second-order valence-corrected chi connectivity index (χ2v) is 14.4. The lowest BCUT2D eigenvalue weighted by Gasteiger charge is -2.43. The molecule has 3 unspecified atom stereocenters. The highest BCUT2D eigenvalue weighted by atomic mass is 28.4. The van der Waals surface area contributed by atoms with Gasteiger partial charge in [-0.05, 0) is 41.9 Å². The Morgan fingerprint density at radius 3 is 2.26 bits per heavy atom. The van der Waals surface area contributed by atoms with Crippen molar-refractivity contribution in [1.82, 2.24) is 0 Å². The summed E-state index contributed by atoms with van der Waals surface area (Å²) in [5.41, 5.74) is -0.639. The monoisotopic (exact) mass is 489 g/mol. The van der Waals surface area contributed by atoms with Crippen molar-refractivity contribution in [3.63, 3.8) is 0 Å². The van der Waals surface area contributed by atoms with Crippen LogP contribution in [-0.2, 0) is 19.6 Å². The van der Waals surface area contributed by atoms with E-state index in [1.165, 1.54) is 33.9 Å². The molecule has 1 heterocycles. The molecule has 1 aromatic heterocycles. The van der Waals surface area contributed by atoms with Gasteiger partial charge in [0.05, 0.1) is 45.9 Å². The van der Waals surface area contributed by atoms with E-state index in [9.17, 15) is 15.2 Å². The van der Waals surface area contributed by atoms with Crippen LogP contribution in [0.5, 0.6) is 11.5 Å². The van der Waals surface area contributed by atoms with Crippen LogP contribution in [0, 0.1) is 17.2 Å². The number of hydrogen-bond acceptors (Lipinski definition) is 8. The summed E-state index contributed by atoms with van der Waals surface area (Å²) in [6, 6.07) is 8.82. The Bertz CT molecular complexity index is 1010. The molecule has 1 aromatic carbocycles. The van der Waals surface area contributed by atoms with Crippen LogP contribution < -0.4 is 9.47 Å². The van der Waals surface area contributed by atoms with Crippen LogP contribution in [0.15, 0.2) is 41.2 Å². The van der Waals surface area contributed by atoms with E-state index in [1.54, 1.807) is 24.3 Å². The zero-order valence-corrected chi connectivity index (χ0v) is 22.2. The molecule has 0 aliphatic carbocycles. The summed E-state index contributed by atoms with van der Waals surface area (Å²) in [6.07, 6.45) is 1.45. The molecule has 34 heavy (non-hydrogen) atoms. The van der Waals surface area contributed by atoms with Crippen molar-refractivity contribution in [2.24, 2.45) is 5.92 Å². The number of esters is 1. The van der Waals surface area contributed by atoms with E-state index in [1.807, 2.05) is 13.1 Å². The number of benzene rings is 1. The number of ether oxygens (including phenoxy) is 3. The minimum atomic E-state index is -2.50. The Labute approximate surface area is 202 Å². The molecule has 0 fully saturated rings. The van der Waals surface area contributed by atoms with Crippen LogP contribution in [0.3, 0.4) is 0 Å². The Morgan fingerprint density at radius 1 is 1.15 bits per heavy atom. The van der Waals surface area contributed by atoms with Crippen molar-refractivity contribution in [2.45, 2.75) is 57.0 Å². The number of rotatable bonds is 10. The number of carbonyl (C=O) groups excluding carboxylic acids is 1. The number of furan rings is 1. The van der Waals surface area contributed by atoms with Crippen LogP contribution in [0.2, 0.25) is 18.1 Å². The van der Waals surface area contributed by atoms with Crippen LogP contribution >= 0.6 is 0 Å². The third-order valence-electron chi connectivity index (χ3n) is 6.55. The molecular formula is C25H35NO7Si. The second kappa shape index (κ2) is 10.6. The number of nitriles is 1. The van der Waals surface area contributed by atoms with Gasteiger partial charge >= 0.3 is 5.97 Å². The summed E-state index contributed by atoms with van der Waals surface area (Å²) in [6.45, 7) is 10.2. The third kappa shape index (κ3) is 5.63. The smallest absolute Gasteiger partial charge is 0.311 e. The lowest BCUT2D eigenvalue weighted by molar-refractivity contribution is -0.152. The van der Waals surface area contributed by atoms with Gasteiger partial charge in [0, 0.05) is 12.0 Å².